The van der Waals surface area contributed by atoms with E-state index in [1.165, 1.54) is 12.8 Å². The van der Waals surface area contributed by atoms with Gasteiger partial charge >= 0.3 is 0 Å². The summed E-state index contributed by atoms with van der Waals surface area (Å²) < 4.78 is 5.83. The molecule has 0 spiro atoms. The molecular weight excluding hydrogens is 335 g/mol. The first-order chi connectivity index (χ1) is 10.2. The van der Waals surface area contributed by atoms with E-state index in [0.29, 0.717) is 19.1 Å². The van der Waals surface area contributed by atoms with Crippen LogP contribution in [0.1, 0.15) is 38.2 Å². The number of likely N-dealkylation sites (tertiary alicyclic amines) is 1. The molecule has 1 aromatic heterocycles. The average molecular weight is 361 g/mol. The lowest BCUT2D eigenvalue weighted by atomic mass is 10.2. The fraction of sp³-hybridized carbons (Fsp3) is 0.529. The number of aromatic nitrogens is 1. The second kappa shape index (κ2) is 11.4. The molecule has 1 aromatic rings. The summed E-state index contributed by atoms with van der Waals surface area (Å²) in [6.07, 6.45) is 10.8. The van der Waals surface area contributed by atoms with Crippen LogP contribution in [-0.2, 0) is 4.79 Å². The topological polar surface area (TPSA) is 42.4 Å². The average Bonchev–Trinajstić information content (AvgIpc) is 2.89. The molecule has 0 saturated carbocycles. The van der Waals surface area contributed by atoms with Crippen LogP contribution >= 0.6 is 24.8 Å². The Balaban J connectivity index is 0.00000242. The van der Waals surface area contributed by atoms with Crippen molar-refractivity contribution in [1.29, 1.82) is 0 Å². The number of allylic oxidation sites excluding steroid dienone is 1. The number of carbonyl (C=O) groups excluding carboxylic acids is 1. The minimum atomic E-state index is 0. The Bertz CT molecular complexity index is 509. The Morgan fingerprint density at radius 2 is 2.22 bits per heavy atom. The molecule has 130 valence electrons. The summed E-state index contributed by atoms with van der Waals surface area (Å²) in [7, 11) is 2.14. The maximum atomic E-state index is 11.5. The van der Waals surface area contributed by atoms with Crippen LogP contribution in [0.25, 0.3) is 6.08 Å². The molecule has 1 saturated heterocycles. The number of ether oxygens (including phenoxy) is 1. The number of rotatable bonds is 7. The molecule has 1 aliphatic rings. The number of likely N-dealkylation sites (N-methyl/N-ethyl adjacent to an activating group) is 1. The summed E-state index contributed by atoms with van der Waals surface area (Å²) in [5.74, 6) is 0.914. The van der Waals surface area contributed by atoms with Gasteiger partial charge in [0.2, 0.25) is 0 Å². The van der Waals surface area contributed by atoms with Gasteiger partial charge in [-0.25, -0.2) is 0 Å². The van der Waals surface area contributed by atoms with Crippen LogP contribution in [0.2, 0.25) is 0 Å². The number of halogens is 2. The minimum absolute atomic E-state index is 0. The van der Waals surface area contributed by atoms with Crippen molar-refractivity contribution in [1.82, 2.24) is 9.88 Å². The molecule has 6 heteroatoms. The Labute approximate surface area is 151 Å². The van der Waals surface area contributed by atoms with Gasteiger partial charge in [-0.05, 0) is 56.6 Å². The third-order valence-electron chi connectivity index (χ3n) is 3.81. The summed E-state index contributed by atoms with van der Waals surface area (Å²) in [5.41, 5.74) is 0.900. The fourth-order valence-corrected chi connectivity index (χ4v) is 2.51. The highest BCUT2D eigenvalue weighted by molar-refractivity contribution is 5.93. The van der Waals surface area contributed by atoms with Crippen molar-refractivity contribution in [2.45, 2.75) is 38.6 Å². The van der Waals surface area contributed by atoms with Crippen molar-refractivity contribution in [3.8, 4) is 5.75 Å². The van der Waals surface area contributed by atoms with Crippen molar-refractivity contribution < 1.29 is 9.53 Å². The predicted molar refractivity (Wildman–Crippen MR) is 98.8 cm³/mol. The first kappa shape index (κ1) is 21.9. The molecule has 1 aliphatic heterocycles. The number of carbonyl (C=O) groups is 1. The molecule has 0 unspecified atom stereocenters. The largest absolute Gasteiger partial charge is 0.490 e. The van der Waals surface area contributed by atoms with E-state index in [-0.39, 0.29) is 30.6 Å². The molecule has 0 radical (unpaired) electrons. The fourth-order valence-electron chi connectivity index (χ4n) is 2.51. The summed E-state index contributed by atoms with van der Waals surface area (Å²) in [6.45, 7) is 3.84. The molecule has 1 atom stereocenters. The predicted octanol–water partition coefficient (Wildman–Crippen LogP) is 3.78. The zero-order valence-electron chi connectivity index (χ0n) is 13.7. The first-order valence-corrected chi connectivity index (χ1v) is 7.68. The summed E-state index contributed by atoms with van der Waals surface area (Å²) in [4.78, 5) is 18.0. The SMILES string of the molecule is CCCC(=O)C=Cc1cncc(OC[C@@H]2CCCN2C)c1.Cl.Cl. The van der Waals surface area contributed by atoms with Gasteiger partial charge in [0.05, 0.1) is 6.20 Å². The van der Waals surface area contributed by atoms with Crippen molar-refractivity contribution in [3.05, 3.63) is 30.1 Å². The van der Waals surface area contributed by atoms with Gasteiger partial charge in [0.15, 0.2) is 5.78 Å². The van der Waals surface area contributed by atoms with Gasteiger partial charge in [-0.2, -0.15) is 0 Å². The lowest BCUT2D eigenvalue weighted by molar-refractivity contribution is -0.114. The molecule has 0 aromatic carbocycles. The zero-order valence-corrected chi connectivity index (χ0v) is 15.4. The lowest BCUT2D eigenvalue weighted by Gasteiger charge is -2.19. The second-order valence-electron chi connectivity index (χ2n) is 5.59. The summed E-state index contributed by atoms with van der Waals surface area (Å²) in [5, 5.41) is 0. The summed E-state index contributed by atoms with van der Waals surface area (Å²) >= 11 is 0. The van der Waals surface area contributed by atoms with Crippen LogP contribution in [0.15, 0.2) is 24.5 Å². The molecule has 4 nitrogen and oxygen atoms in total. The van der Waals surface area contributed by atoms with Gasteiger partial charge in [0, 0.05) is 18.7 Å². The maximum absolute atomic E-state index is 11.5. The lowest BCUT2D eigenvalue weighted by Crippen LogP contribution is -2.30. The normalized spacial score (nSPS) is 17.6. The van der Waals surface area contributed by atoms with Crippen molar-refractivity contribution in [2.75, 3.05) is 20.2 Å². The van der Waals surface area contributed by atoms with Crippen molar-refractivity contribution in [3.63, 3.8) is 0 Å². The zero-order chi connectivity index (χ0) is 15.1. The number of hydrogen-bond acceptors (Lipinski definition) is 4. The Hall–Kier alpha value is -1.10. The van der Waals surface area contributed by atoms with Crippen molar-refractivity contribution in [2.24, 2.45) is 0 Å². The van der Waals surface area contributed by atoms with E-state index in [4.69, 9.17) is 4.74 Å². The van der Waals surface area contributed by atoms with Gasteiger partial charge in [-0.15, -0.1) is 24.8 Å². The van der Waals surface area contributed by atoms with Crippen LogP contribution in [-0.4, -0.2) is 41.9 Å². The Morgan fingerprint density at radius 3 is 2.87 bits per heavy atom. The van der Waals surface area contributed by atoms with Crippen LogP contribution < -0.4 is 4.74 Å². The number of ketones is 1. The number of hydrogen-bond donors (Lipinski definition) is 0. The Morgan fingerprint density at radius 1 is 1.43 bits per heavy atom. The van der Waals surface area contributed by atoms with Gasteiger partial charge in [0.1, 0.15) is 12.4 Å². The minimum Gasteiger partial charge on any atom is -0.490 e. The molecule has 2 heterocycles. The third-order valence-corrected chi connectivity index (χ3v) is 3.81. The van der Waals surface area contributed by atoms with E-state index in [1.54, 1.807) is 24.5 Å². The van der Waals surface area contributed by atoms with Gasteiger partial charge in [-0.1, -0.05) is 6.92 Å². The van der Waals surface area contributed by atoms with Crippen LogP contribution in [0, 0.1) is 0 Å². The molecular formula is C17H26Cl2N2O2. The molecule has 0 bridgehead atoms. The second-order valence-corrected chi connectivity index (χ2v) is 5.59. The number of nitrogens with zero attached hydrogens (tertiary/aromatic N) is 2. The van der Waals surface area contributed by atoms with Gasteiger partial charge in [-0.3, -0.25) is 9.78 Å². The van der Waals surface area contributed by atoms with Crippen LogP contribution in [0.3, 0.4) is 0 Å². The molecule has 0 amide bonds. The van der Waals surface area contributed by atoms with E-state index in [0.717, 1.165) is 24.3 Å². The number of pyridine rings is 1. The molecule has 1 fully saturated rings. The van der Waals surface area contributed by atoms with E-state index in [1.807, 2.05) is 13.0 Å². The third kappa shape index (κ3) is 7.34. The van der Waals surface area contributed by atoms with Gasteiger partial charge < -0.3 is 9.64 Å². The van der Waals surface area contributed by atoms with Crippen LogP contribution in [0.5, 0.6) is 5.75 Å². The highest BCUT2D eigenvalue weighted by atomic mass is 35.5. The smallest absolute Gasteiger partial charge is 0.155 e. The quantitative estimate of drug-likeness (QED) is 0.693. The summed E-state index contributed by atoms with van der Waals surface area (Å²) in [6, 6.07) is 2.42. The molecule has 23 heavy (non-hydrogen) atoms. The van der Waals surface area contributed by atoms with Crippen molar-refractivity contribution >= 4 is 36.7 Å². The molecule has 0 N–H and O–H groups in total. The van der Waals surface area contributed by atoms with E-state index >= 15 is 0 Å². The highest BCUT2D eigenvalue weighted by Crippen LogP contribution is 2.18. The molecule has 0 aliphatic carbocycles. The van der Waals surface area contributed by atoms with E-state index < -0.39 is 0 Å². The van der Waals surface area contributed by atoms with E-state index in [9.17, 15) is 4.79 Å². The Kier molecular flexibility index (Phi) is 10.9. The standard InChI is InChI=1S/C17H24N2O2.2ClH/c1-3-5-16(20)8-7-14-10-17(12-18-11-14)21-13-15-6-4-9-19(15)2;;/h7-8,10-12,15H,3-6,9,13H2,1-2H3;2*1H/t15-;;/m0../s1. The molecule has 2 rings (SSSR count). The van der Waals surface area contributed by atoms with E-state index in [2.05, 4.69) is 16.9 Å². The van der Waals surface area contributed by atoms with Crippen LogP contribution in [0.4, 0.5) is 0 Å². The maximum Gasteiger partial charge on any atom is 0.155 e. The van der Waals surface area contributed by atoms with Gasteiger partial charge in [0.25, 0.3) is 0 Å². The highest BCUT2D eigenvalue weighted by Gasteiger charge is 2.21. The monoisotopic (exact) mass is 360 g/mol. The first-order valence-electron chi connectivity index (χ1n) is 7.68.